The van der Waals surface area contributed by atoms with Crippen molar-refractivity contribution in [1.82, 2.24) is 0 Å². The first kappa shape index (κ1) is 9.99. The van der Waals surface area contributed by atoms with Gasteiger partial charge < -0.3 is 5.11 Å². The van der Waals surface area contributed by atoms with Crippen molar-refractivity contribution in [2.75, 3.05) is 4.43 Å². The summed E-state index contributed by atoms with van der Waals surface area (Å²) in [7, 11) is 0. The smallest absolute Gasteiger partial charge is 0.0681 e. The number of rotatable bonds is 4. The van der Waals surface area contributed by atoms with Gasteiger partial charge in [0.15, 0.2) is 0 Å². The van der Waals surface area contributed by atoms with Crippen LogP contribution in [-0.2, 0) is 13.0 Å². The highest BCUT2D eigenvalue weighted by Crippen LogP contribution is 2.07. The molecule has 0 amide bonds. The Morgan fingerprint density at radius 3 is 2.17 bits per heavy atom. The number of aryl methyl sites for hydroxylation is 1. The van der Waals surface area contributed by atoms with Gasteiger partial charge in [-0.15, -0.1) is 0 Å². The Balaban J connectivity index is 2.53. The normalized spacial score (nSPS) is 10.2. The largest absolute Gasteiger partial charge is 0.392 e. The van der Waals surface area contributed by atoms with Crippen molar-refractivity contribution in [2.24, 2.45) is 0 Å². The van der Waals surface area contributed by atoms with E-state index in [0.717, 1.165) is 12.0 Å². The molecule has 0 bridgehead atoms. The molecule has 0 aliphatic carbocycles. The lowest BCUT2D eigenvalue weighted by molar-refractivity contribution is 0.282. The van der Waals surface area contributed by atoms with Crippen LogP contribution in [0.15, 0.2) is 24.3 Å². The van der Waals surface area contributed by atoms with Crippen LogP contribution in [0, 0.1) is 0 Å². The van der Waals surface area contributed by atoms with Crippen molar-refractivity contribution in [1.29, 1.82) is 0 Å². The average molecular weight is 276 g/mol. The molecule has 0 aliphatic rings. The van der Waals surface area contributed by atoms with Crippen molar-refractivity contribution in [2.45, 2.75) is 19.4 Å². The molecule has 0 saturated heterocycles. The maximum atomic E-state index is 8.80. The molecule has 0 heterocycles. The molecule has 0 spiro atoms. The fraction of sp³-hybridized carbons (Fsp3) is 0.400. The summed E-state index contributed by atoms with van der Waals surface area (Å²) in [6.07, 6.45) is 2.38. The summed E-state index contributed by atoms with van der Waals surface area (Å²) in [5.41, 5.74) is 2.36. The second-order valence-corrected chi connectivity index (χ2v) is 3.85. The zero-order valence-corrected chi connectivity index (χ0v) is 9.12. The molecule has 1 aromatic carbocycles. The Morgan fingerprint density at radius 2 is 1.67 bits per heavy atom. The number of alkyl halides is 1. The van der Waals surface area contributed by atoms with Gasteiger partial charge in [0.1, 0.15) is 0 Å². The number of hydrogen-bond donors (Lipinski definition) is 1. The zero-order chi connectivity index (χ0) is 8.81. The fourth-order valence-corrected chi connectivity index (χ4v) is 1.46. The first-order chi connectivity index (χ1) is 5.86. The Morgan fingerprint density at radius 1 is 1.08 bits per heavy atom. The molecule has 1 nitrogen and oxygen atoms in total. The van der Waals surface area contributed by atoms with Crippen LogP contribution >= 0.6 is 22.6 Å². The van der Waals surface area contributed by atoms with Crippen molar-refractivity contribution in [3.8, 4) is 0 Å². The van der Waals surface area contributed by atoms with Gasteiger partial charge in [-0.2, -0.15) is 0 Å². The van der Waals surface area contributed by atoms with Crippen molar-refractivity contribution in [3.05, 3.63) is 35.4 Å². The van der Waals surface area contributed by atoms with E-state index >= 15 is 0 Å². The quantitative estimate of drug-likeness (QED) is 0.662. The molecule has 0 radical (unpaired) electrons. The molecule has 66 valence electrons. The predicted octanol–water partition coefficient (Wildman–Crippen LogP) is 2.55. The van der Waals surface area contributed by atoms with E-state index in [9.17, 15) is 0 Å². The highest BCUT2D eigenvalue weighted by molar-refractivity contribution is 14.1. The Hall–Kier alpha value is -0.0900. The van der Waals surface area contributed by atoms with E-state index in [0.29, 0.717) is 0 Å². The number of benzene rings is 1. The minimum atomic E-state index is 0.145. The summed E-state index contributed by atoms with van der Waals surface area (Å²) < 4.78 is 1.21. The Labute approximate surface area is 86.9 Å². The maximum Gasteiger partial charge on any atom is 0.0681 e. The van der Waals surface area contributed by atoms with Crippen LogP contribution in [0.1, 0.15) is 17.5 Å². The van der Waals surface area contributed by atoms with Crippen molar-refractivity contribution in [3.63, 3.8) is 0 Å². The molecule has 1 aromatic rings. The van der Waals surface area contributed by atoms with Gasteiger partial charge in [0.25, 0.3) is 0 Å². The van der Waals surface area contributed by atoms with Crippen LogP contribution in [0.5, 0.6) is 0 Å². The molecule has 1 N–H and O–H groups in total. The van der Waals surface area contributed by atoms with E-state index in [1.807, 2.05) is 12.1 Å². The summed E-state index contributed by atoms with van der Waals surface area (Å²) >= 11 is 2.39. The minimum Gasteiger partial charge on any atom is -0.392 e. The molecule has 12 heavy (non-hydrogen) atoms. The zero-order valence-electron chi connectivity index (χ0n) is 6.96. The molecule has 0 fully saturated rings. The van der Waals surface area contributed by atoms with E-state index in [1.165, 1.54) is 16.4 Å². The van der Waals surface area contributed by atoms with E-state index in [-0.39, 0.29) is 6.61 Å². The van der Waals surface area contributed by atoms with Gasteiger partial charge in [-0.25, -0.2) is 0 Å². The number of hydrogen-bond acceptors (Lipinski definition) is 1. The molecule has 0 aromatic heterocycles. The van der Waals surface area contributed by atoms with Gasteiger partial charge in [0.05, 0.1) is 6.61 Å². The van der Waals surface area contributed by atoms with Gasteiger partial charge in [-0.05, 0) is 28.4 Å². The van der Waals surface area contributed by atoms with Crippen molar-refractivity contribution >= 4 is 22.6 Å². The predicted molar refractivity (Wildman–Crippen MR) is 59.6 cm³/mol. The summed E-state index contributed by atoms with van der Waals surface area (Å²) in [5.74, 6) is 0. The molecule has 0 aliphatic heterocycles. The summed E-state index contributed by atoms with van der Waals surface area (Å²) in [6, 6.07) is 8.17. The van der Waals surface area contributed by atoms with Gasteiger partial charge in [-0.1, -0.05) is 46.9 Å². The van der Waals surface area contributed by atoms with E-state index in [1.54, 1.807) is 0 Å². The van der Waals surface area contributed by atoms with E-state index < -0.39 is 0 Å². The fourth-order valence-electron chi connectivity index (χ4n) is 1.08. The van der Waals surface area contributed by atoms with Crippen molar-refractivity contribution < 1.29 is 5.11 Å². The number of aliphatic hydroxyl groups excluding tert-OH is 1. The molecule has 0 unspecified atom stereocenters. The van der Waals surface area contributed by atoms with Crippen LogP contribution in [-0.4, -0.2) is 9.53 Å². The first-order valence-corrected chi connectivity index (χ1v) is 5.64. The first-order valence-electron chi connectivity index (χ1n) is 4.11. The molecule has 1 rings (SSSR count). The Kier molecular flexibility index (Phi) is 4.61. The van der Waals surface area contributed by atoms with Crippen LogP contribution in [0.2, 0.25) is 0 Å². The lowest BCUT2D eigenvalue weighted by Crippen LogP contribution is -1.87. The summed E-state index contributed by atoms with van der Waals surface area (Å²) in [4.78, 5) is 0. The lowest BCUT2D eigenvalue weighted by atomic mass is 10.1. The Bertz CT molecular complexity index is 218. The lowest BCUT2D eigenvalue weighted by Gasteiger charge is -2.00. The van der Waals surface area contributed by atoms with Gasteiger partial charge in [0.2, 0.25) is 0 Å². The standard InChI is InChI=1S/C10H13IO/c11-7-1-2-9-3-5-10(8-12)6-4-9/h3-6,12H,1-2,7-8H2. The third-order valence-electron chi connectivity index (χ3n) is 1.80. The number of halogens is 1. The molecule has 0 saturated carbocycles. The average Bonchev–Trinajstić information content (AvgIpc) is 2.15. The van der Waals surface area contributed by atoms with Crippen LogP contribution in [0.25, 0.3) is 0 Å². The highest BCUT2D eigenvalue weighted by atomic mass is 127. The third kappa shape index (κ3) is 3.11. The van der Waals surface area contributed by atoms with Crippen LogP contribution in [0.4, 0.5) is 0 Å². The molecule has 2 heteroatoms. The molecular formula is C10H13IO. The monoisotopic (exact) mass is 276 g/mol. The SMILES string of the molecule is OCc1ccc(CCCI)cc1. The molecular weight excluding hydrogens is 263 g/mol. The second-order valence-electron chi connectivity index (χ2n) is 2.77. The highest BCUT2D eigenvalue weighted by Gasteiger charge is 1.92. The molecule has 0 atom stereocenters. The van der Waals surface area contributed by atoms with Crippen LogP contribution < -0.4 is 0 Å². The van der Waals surface area contributed by atoms with E-state index in [4.69, 9.17) is 5.11 Å². The van der Waals surface area contributed by atoms with Gasteiger partial charge >= 0.3 is 0 Å². The topological polar surface area (TPSA) is 20.2 Å². The van der Waals surface area contributed by atoms with Gasteiger partial charge in [0, 0.05) is 0 Å². The minimum absolute atomic E-state index is 0.145. The second kappa shape index (κ2) is 5.54. The maximum absolute atomic E-state index is 8.80. The van der Waals surface area contributed by atoms with Gasteiger partial charge in [-0.3, -0.25) is 0 Å². The summed E-state index contributed by atoms with van der Waals surface area (Å²) in [6.45, 7) is 0.145. The number of aliphatic hydroxyl groups is 1. The van der Waals surface area contributed by atoms with Crippen LogP contribution in [0.3, 0.4) is 0 Å². The third-order valence-corrected chi connectivity index (χ3v) is 2.57. The van der Waals surface area contributed by atoms with E-state index in [2.05, 4.69) is 34.7 Å². The summed E-state index contributed by atoms with van der Waals surface area (Å²) in [5, 5.41) is 8.80.